The number of ether oxygens (including phenoxy) is 2. The van der Waals surface area contributed by atoms with Gasteiger partial charge in [-0.15, -0.1) is 10.2 Å². The van der Waals surface area contributed by atoms with E-state index in [1.165, 1.54) is 0 Å². The summed E-state index contributed by atoms with van der Waals surface area (Å²) in [5.41, 5.74) is 1.74. The summed E-state index contributed by atoms with van der Waals surface area (Å²) < 4.78 is 12.9. The van der Waals surface area contributed by atoms with Crippen molar-refractivity contribution in [1.82, 2.24) is 14.8 Å². The molecule has 0 bridgehead atoms. The molecule has 0 unspecified atom stereocenters. The van der Waals surface area contributed by atoms with E-state index in [4.69, 9.17) is 9.47 Å². The van der Waals surface area contributed by atoms with Crippen LogP contribution in [0.15, 0.2) is 53.7 Å². The summed E-state index contributed by atoms with van der Waals surface area (Å²) in [6, 6.07) is 15.2. The SMILES string of the molecule is COc1ccc(Cc2nnc(SCCCOc3ccccc3C=O)n2C)cc1. The van der Waals surface area contributed by atoms with Crippen LogP contribution in [0.25, 0.3) is 0 Å². The Morgan fingerprint density at radius 1 is 1.11 bits per heavy atom. The standard InChI is InChI=1S/C21H23N3O3S/c1-24-20(14-16-8-10-18(26-2)11-9-16)22-23-21(24)28-13-5-12-27-19-7-4-3-6-17(19)15-25/h3-4,6-11,15H,5,12-14H2,1-2H3. The first-order chi connectivity index (χ1) is 13.7. The Kier molecular flexibility index (Phi) is 7.08. The molecule has 0 N–H and O–H groups in total. The normalized spacial score (nSPS) is 10.6. The molecule has 0 saturated carbocycles. The Balaban J connectivity index is 1.47. The number of hydrogen-bond donors (Lipinski definition) is 0. The third-order valence-electron chi connectivity index (χ3n) is 4.27. The first-order valence-electron chi connectivity index (χ1n) is 9.02. The van der Waals surface area contributed by atoms with Gasteiger partial charge in [-0.05, 0) is 36.2 Å². The van der Waals surface area contributed by atoms with Gasteiger partial charge in [0.05, 0.1) is 19.3 Å². The number of para-hydroxylation sites is 1. The molecule has 3 aromatic rings. The molecule has 2 aromatic carbocycles. The van der Waals surface area contributed by atoms with Gasteiger partial charge in [0, 0.05) is 19.2 Å². The monoisotopic (exact) mass is 397 g/mol. The number of methoxy groups -OCH3 is 1. The van der Waals surface area contributed by atoms with Gasteiger partial charge in [-0.2, -0.15) is 0 Å². The fourth-order valence-corrected chi connectivity index (χ4v) is 3.51. The summed E-state index contributed by atoms with van der Waals surface area (Å²) >= 11 is 1.65. The van der Waals surface area contributed by atoms with Crippen molar-refractivity contribution in [2.45, 2.75) is 18.0 Å². The predicted octanol–water partition coefficient (Wildman–Crippen LogP) is 3.79. The molecule has 3 rings (SSSR count). The van der Waals surface area contributed by atoms with Crippen molar-refractivity contribution in [3.63, 3.8) is 0 Å². The number of hydrogen-bond acceptors (Lipinski definition) is 6. The van der Waals surface area contributed by atoms with Gasteiger partial charge in [0.15, 0.2) is 11.4 Å². The van der Waals surface area contributed by atoms with E-state index < -0.39 is 0 Å². The lowest BCUT2D eigenvalue weighted by atomic mass is 10.1. The summed E-state index contributed by atoms with van der Waals surface area (Å²) in [4.78, 5) is 11.0. The highest BCUT2D eigenvalue weighted by Gasteiger charge is 2.10. The maximum Gasteiger partial charge on any atom is 0.190 e. The van der Waals surface area contributed by atoms with Crippen LogP contribution in [-0.2, 0) is 13.5 Å². The van der Waals surface area contributed by atoms with Crippen LogP contribution < -0.4 is 9.47 Å². The first-order valence-corrected chi connectivity index (χ1v) is 10.0. The molecule has 1 aromatic heterocycles. The third kappa shape index (κ3) is 5.13. The van der Waals surface area contributed by atoms with Crippen LogP contribution in [0, 0.1) is 0 Å². The number of carbonyl (C=O) groups excluding carboxylic acids is 1. The second-order valence-corrected chi connectivity index (χ2v) is 7.25. The second kappa shape index (κ2) is 9.94. The minimum absolute atomic E-state index is 0.550. The second-order valence-electron chi connectivity index (χ2n) is 6.19. The molecule has 7 heteroatoms. The number of rotatable bonds is 10. The molecule has 28 heavy (non-hydrogen) atoms. The molecular formula is C21H23N3O3S. The maximum atomic E-state index is 11.0. The quantitative estimate of drug-likeness (QED) is 0.295. The zero-order valence-electron chi connectivity index (χ0n) is 16.0. The lowest BCUT2D eigenvalue weighted by molar-refractivity contribution is 0.111. The van der Waals surface area contributed by atoms with E-state index in [0.717, 1.165) is 47.2 Å². The Hall–Kier alpha value is -2.80. The van der Waals surface area contributed by atoms with Crippen molar-refractivity contribution in [3.05, 3.63) is 65.5 Å². The number of benzene rings is 2. The van der Waals surface area contributed by atoms with Crippen molar-refractivity contribution < 1.29 is 14.3 Å². The molecule has 0 radical (unpaired) electrons. The molecular weight excluding hydrogens is 374 g/mol. The lowest BCUT2D eigenvalue weighted by Crippen LogP contribution is -2.03. The van der Waals surface area contributed by atoms with Crippen molar-refractivity contribution in [3.8, 4) is 11.5 Å². The highest BCUT2D eigenvalue weighted by molar-refractivity contribution is 7.99. The van der Waals surface area contributed by atoms with E-state index in [1.54, 1.807) is 24.9 Å². The van der Waals surface area contributed by atoms with Crippen molar-refractivity contribution >= 4 is 18.0 Å². The van der Waals surface area contributed by atoms with Gasteiger partial charge in [-0.3, -0.25) is 4.79 Å². The van der Waals surface area contributed by atoms with E-state index in [-0.39, 0.29) is 0 Å². The highest BCUT2D eigenvalue weighted by atomic mass is 32.2. The molecule has 0 saturated heterocycles. The molecule has 0 aliphatic rings. The minimum Gasteiger partial charge on any atom is -0.497 e. The van der Waals surface area contributed by atoms with Gasteiger partial charge in [0.25, 0.3) is 0 Å². The van der Waals surface area contributed by atoms with E-state index >= 15 is 0 Å². The Morgan fingerprint density at radius 3 is 2.64 bits per heavy atom. The van der Waals surface area contributed by atoms with E-state index in [9.17, 15) is 4.79 Å². The summed E-state index contributed by atoms with van der Waals surface area (Å²) in [5.74, 6) is 3.25. The van der Waals surface area contributed by atoms with Crippen molar-refractivity contribution in [2.24, 2.45) is 7.05 Å². The molecule has 0 spiro atoms. The summed E-state index contributed by atoms with van der Waals surface area (Å²) in [5, 5.41) is 9.49. The number of aromatic nitrogens is 3. The van der Waals surface area contributed by atoms with Crippen LogP contribution >= 0.6 is 11.8 Å². The van der Waals surface area contributed by atoms with Crippen LogP contribution in [0.1, 0.15) is 28.2 Å². The summed E-state index contributed by atoms with van der Waals surface area (Å²) in [6.07, 6.45) is 2.38. The van der Waals surface area contributed by atoms with E-state index in [2.05, 4.69) is 10.2 Å². The average Bonchev–Trinajstić information content (AvgIpc) is 3.08. The Morgan fingerprint density at radius 2 is 1.89 bits per heavy atom. The summed E-state index contributed by atoms with van der Waals surface area (Å²) in [7, 11) is 3.64. The van der Waals surface area contributed by atoms with E-state index in [0.29, 0.717) is 17.9 Å². The first kappa shape index (κ1) is 19.9. The Labute approximate surface area is 168 Å². The minimum atomic E-state index is 0.550. The molecule has 6 nitrogen and oxygen atoms in total. The van der Waals surface area contributed by atoms with Gasteiger partial charge in [0.1, 0.15) is 17.3 Å². The number of thioether (sulfide) groups is 1. The fraction of sp³-hybridized carbons (Fsp3) is 0.286. The van der Waals surface area contributed by atoms with Crippen molar-refractivity contribution in [2.75, 3.05) is 19.5 Å². The Bertz CT molecular complexity index is 910. The lowest BCUT2D eigenvalue weighted by Gasteiger charge is -2.08. The van der Waals surface area contributed by atoms with E-state index in [1.807, 2.05) is 54.1 Å². The highest BCUT2D eigenvalue weighted by Crippen LogP contribution is 2.20. The van der Waals surface area contributed by atoms with Crippen LogP contribution in [0.5, 0.6) is 11.5 Å². The summed E-state index contributed by atoms with van der Waals surface area (Å²) in [6.45, 7) is 0.550. The third-order valence-corrected chi connectivity index (χ3v) is 5.38. The number of aldehydes is 1. The molecule has 146 valence electrons. The van der Waals surface area contributed by atoms with Gasteiger partial charge < -0.3 is 14.0 Å². The van der Waals surface area contributed by atoms with Gasteiger partial charge in [-0.25, -0.2) is 0 Å². The largest absolute Gasteiger partial charge is 0.497 e. The molecule has 1 heterocycles. The van der Waals surface area contributed by atoms with Gasteiger partial charge >= 0.3 is 0 Å². The maximum absolute atomic E-state index is 11.0. The molecule has 0 amide bonds. The van der Waals surface area contributed by atoms with Crippen molar-refractivity contribution in [1.29, 1.82) is 0 Å². The molecule has 0 aliphatic heterocycles. The number of carbonyl (C=O) groups is 1. The van der Waals surface area contributed by atoms with Crippen LogP contribution in [0.3, 0.4) is 0 Å². The van der Waals surface area contributed by atoms with Crippen LogP contribution in [-0.4, -0.2) is 40.5 Å². The molecule has 0 aliphatic carbocycles. The average molecular weight is 398 g/mol. The zero-order chi connectivity index (χ0) is 19.8. The zero-order valence-corrected chi connectivity index (χ0v) is 16.8. The van der Waals surface area contributed by atoms with Gasteiger partial charge in [-0.1, -0.05) is 36.0 Å². The van der Waals surface area contributed by atoms with Crippen LogP contribution in [0.2, 0.25) is 0 Å². The predicted molar refractivity (Wildman–Crippen MR) is 109 cm³/mol. The fourth-order valence-electron chi connectivity index (χ4n) is 2.66. The van der Waals surface area contributed by atoms with Crippen LogP contribution in [0.4, 0.5) is 0 Å². The van der Waals surface area contributed by atoms with Gasteiger partial charge in [0.2, 0.25) is 0 Å². The number of nitrogens with zero attached hydrogens (tertiary/aromatic N) is 3. The molecule has 0 fully saturated rings. The topological polar surface area (TPSA) is 66.2 Å². The smallest absolute Gasteiger partial charge is 0.190 e. The molecule has 0 atom stereocenters.